The van der Waals surface area contributed by atoms with Crippen molar-refractivity contribution in [2.24, 2.45) is 16.0 Å². The number of aromatic nitrogens is 1. The Morgan fingerprint density at radius 3 is 2.94 bits per heavy atom. The summed E-state index contributed by atoms with van der Waals surface area (Å²) in [6.07, 6.45) is 0. The number of hydrogen-bond donors (Lipinski definition) is 3. The fourth-order valence-electron chi connectivity index (χ4n) is 1.59. The van der Waals surface area contributed by atoms with Gasteiger partial charge in [0.15, 0.2) is 5.69 Å². The summed E-state index contributed by atoms with van der Waals surface area (Å²) in [7, 11) is 0. The van der Waals surface area contributed by atoms with Crippen LogP contribution < -0.4 is 5.73 Å². The highest BCUT2D eigenvalue weighted by atomic mass is 32.1. The fraction of sp³-hybridized carbons (Fsp3) is 0.100. The Morgan fingerprint density at radius 1 is 1.50 bits per heavy atom. The molecule has 0 saturated heterocycles. The summed E-state index contributed by atoms with van der Waals surface area (Å²) in [6.45, 7) is 1.93. The second-order valence-corrected chi connectivity index (χ2v) is 3.78. The highest BCUT2D eigenvalue weighted by Crippen LogP contribution is 2.37. The smallest absolute Gasteiger partial charge is 0.218 e. The van der Waals surface area contributed by atoms with Crippen LogP contribution in [0.1, 0.15) is 5.56 Å². The number of azo groups is 1. The van der Waals surface area contributed by atoms with Gasteiger partial charge in [-0.1, -0.05) is 12.1 Å². The summed E-state index contributed by atoms with van der Waals surface area (Å²) in [6, 6.07) is 5.67. The summed E-state index contributed by atoms with van der Waals surface area (Å²) < 4.78 is 0. The minimum Gasteiger partial charge on any atom is -0.493 e. The highest BCUT2D eigenvalue weighted by molar-refractivity contribution is 7.80. The molecule has 0 atom stereocenters. The predicted octanol–water partition coefficient (Wildman–Crippen LogP) is 2.51. The molecule has 0 amide bonds. The van der Waals surface area contributed by atoms with E-state index in [4.69, 9.17) is 5.73 Å². The Balaban J connectivity index is 2.68. The molecule has 0 unspecified atom stereocenters. The van der Waals surface area contributed by atoms with Crippen LogP contribution in [0.4, 0.5) is 5.69 Å². The zero-order chi connectivity index (χ0) is 11.7. The van der Waals surface area contributed by atoms with Crippen molar-refractivity contribution in [2.45, 2.75) is 6.92 Å². The third-order valence-corrected chi connectivity index (χ3v) is 2.32. The number of H-pyrrole nitrogens is 1. The number of aromatic amines is 1. The molecule has 4 N–H and O–H groups in total. The van der Waals surface area contributed by atoms with Crippen molar-refractivity contribution >= 4 is 33.9 Å². The first-order valence-electron chi connectivity index (χ1n) is 4.61. The van der Waals surface area contributed by atoms with Crippen LogP contribution in [-0.2, 0) is 0 Å². The number of benzene rings is 1. The number of fused-ring (bicyclic) bond motifs is 1. The summed E-state index contributed by atoms with van der Waals surface area (Å²) in [5, 5.41) is 17.8. The number of thiocarbonyl (C=S) groups is 1. The zero-order valence-corrected chi connectivity index (χ0v) is 9.38. The number of nitrogens with two attached hydrogens (primary N) is 1. The first kappa shape index (κ1) is 10.6. The molecule has 0 saturated carbocycles. The third-order valence-electron chi connectivity index (χ3n) is 2.24. The van der Waals surface area contributed by atoms with E-state index in [0.29, 0.717) is 5.69 Å². The van der Waals surface area contributed by atoms with E-state index < -0.39 is 0 Å². The second-order valence-electron chi connectivity index (χ2n) is 3.36. The Labute approximate surface area is 97.0 Å². The van der Waals surface area contributed by atoms with Crippen LogP contribution in [0, 0.1) is 6.92 Å². The summed E-state index contributed by atoms with van der Waals surface area (Å²) in [4.78, 5) is 2.81. The van der Waals surface area contributed by atoms with Crippen molar-refractivity contribution in [3.8, 4) is 5.88 Å². The van der Waals surface area contributed by atoms with Gasteiger partial charge in [-0.3, -0.25) is 0 Å². The van der Waals surface area contributed by atoms with Gasteiger partial charge in [-0.2, -0.15) is 0 Å². The zero-order valence-electron chi connectivity index (χ0n) is 8.56. The van der Waals surface area contributed by atoms with Crippen LogP contribution >= 0.6 is 12.2 Å². The molecule has 16 heavy (non-hydrogen) atoms. The molecule has 1 aromatic carbocycles. The van der Waals surface area contributed by atoms with E-state index in [-0.39, 0.29) is 11.0 Å². The maximum absolute atomic E-state index is 9.68. The van der Waals surface area contributed by atoms with Gasteiger partial charge in [-0.05, 0) is 30.8 Å². The fourth-order valence-corrected chi connectivity index (χ4v) is 1.63. The molecule has 2 rings (SSSR count). The van der Waals surface area contributed by atoms with Gasteiger partial charge < -0.3 is 15.8 Å². The van der Waals surface area contributed by atoms with Crippen molar-refractivity contribution in [2.75, 3.05) is 0 Å². The summed E-state index contributed by atoms with van der Waals surface area (Å²) >= 11 is 4.59. The lowest BCUT2D eigenvalue weighted by Gasteiger charge is -1.95. The van der Waals surface area contributed by atoms with E-state index in [1.54, 1.807) is 0 Å². The van der Waals surface area contributed by atoms with Crippen LogP contribution in [0.3, 0.4) is 0 Å². The Kier molecular flexibility index (Phi) is 2.57. The first-order valence-corrected chi connectivity index (χ1v) is 5.02. The molecule has 82 valence electrons. The lowest BCUT2D eigenvalue weighted by molar-refractivity contribution is 0.459. The van der Waals surface area contributed by atoms with Crippen molar-refractivity contribution in [1.29, 1.82) is 0 Å². The average Bonchev–Trinajstić information content (AvgIpc) is 2.52. The van der Waals surface area contributed by atoms with Gasteiger partial charge in [0.25, 0.3) is 0 Å². The maximum Gasteiger partial charge on any atom is 0.218 e. The number of aryl methyl sites for hydroxylation is 1. The molecule has 2 aromatic rings. The van der Waals surface area contributed by atoms with E-state index in [0.717, 1.165) is 16.5 Å². The van der Waals surface area contributed by atoms with E-state index in [1.165, 1.54) is 0 Å². The number of aromatic hydroxyl groups is 1. The third kappa shape index (κ3) is 1.74. The monoisotopic (exact) mass is 234 g/mol. The van der Waals surface area contributed by atoms with Crippen molar-refractivity contribution in [3.05, 3.63) is 23.8 Å². The number of nitrogens with zero attached hydrogens (tertiary/aromatic N) is 2. The van der Waals surface area contributed by atoms with Gasteiger partial charge >= 0.3 is 0 Å². The predicted molar refractivity (Wildman–Crippen MR) is 66.0 cm³/mol. The molecule has 5 nitrogen and oxygen atoms in total. The molecule has 0 spiro atoms. The summed E-state index contributed by atoms with van der Waals surface area (Å²) in [5.41, 5.74) is 7.37. The van der Waals surface area contributed by atoms with E-state index in [2.05, 4.69) is 27.4 Å². The standard InChI is InChI=1S/C10H10N4OS/c1-5-3-2-4-6-7(5)8(9(15)12-6)13-14-10(11)16/h2-4,12,15H,1H3,(H2,11,16). The Morgan fingerprint density at radius 2 is 2.25 bits per heavy atom. The molecule has 0 bridgehead atoms. The van der Waals surface area contributed by atoms with Crippen LogP contribution in [0.15, 0.2) is 28.4 Å². The molecule has 0 aliphatic heterocycles. The minimum atomic E-state index is -0.0673. The Bertz CT molecular complexity index is 588. The second kappa shape index (κ2) is 3.90. The van der Waals surface area contributed by atoms with Crippen LogP contribution in [-0.4, -0.2) is 15.2 Å². The molecular weight excluding hydrogens is 224 g/mol. The quantitative estimate of drug-likeness (QED) is 0.523. The topological polar surface area (TPSA) is 86.8 Å². The molecule has 0 radical (unpaired) electrons. The SMILES string of the molecule is Cc1cccc2[nH]c(O)c(N=NC(N)=S)c12. The molecule has 1 heterocycles. The first-order chi connectivity index (χ1) is 7.59. The largest absolute Gasteiger partial charge is 0.493 e. The van der Waals surface area contributed by atoms with E-state index in [9.17, 15) is 5.11 Å². The van der Waals surface area contributed by atoms with E-state index >= 15 is 0 Å². The van der Waals surface area contributed by atoms with Crippen LogP contribution in [0.5, 0.6) is 5.88 Å². The molecule has 0 fully saturated rings. The van der Waals surface area contributed by atoms with Gasteiger partial charge in [-0.15, -0.1) is 10.2 Å². The number of nitrogens with one attached hydrogen (secondary N) is 1. The summed E-state index contributed by atoms with van der Waals surface area (Å²) in [5.74, 6) is -0.0377. The van der Waals surface area contributed by atoms with Gasteiger partial charge in [0.2, 0.25) is 11.0 Å². The molecule has 0 aliphatic rings. The van der Waals surface area contributed by atoms with Crippen LogP contribution in [0.25, 0.3) is 10.9 Å². The van der Waals surface area contributed by atoms with Gasteiger partial charge in [0.1, 0.15) is 0 Å². The molecule has 0 aliphatic carbocycles. The van der Waals surface area contributed by atoms with Crippen molar-refractivity contribution < 1.29 is 5.11 Å². The number of rotatable bonds is 1. The highest BCUT2D eigenvalue weighted by Gasteiger charge is 2.11. The van der Waals surface area contributed by atoms with E-state index in [1.807, 2.05) is 25.1 Å². The lowest BCUT2D eigenvalue weighted by atomic mass is 10.1. The average molecular weight is 234 g/mol. The van der Waals surface area contributed by atoms with Gasteiger partial charge in [0, 0.05) is 5.39 Å². The lowest BCUT2D eigenvalue weighted by Crippen LogP contribution is -2.01. The molecular formula is C10H10N4OS. The Hall–Kier alpha value is -1.95. The molecule has 6 heteroatoms. The normalized spacial score (nSPS) is 11.3. The minimum absolute atomic E-state index is 0.0377. The van der Waals surface area contributed by atoms with Gasteiger partial charge in [0.05, 0.1) is 5.52 Å². The maximum atomic E-state index is 9.68. The number of hydrogen-bond acceptors (Lipinski definition) is 3. The van der Waals surface area contributed by atoms with Crippen molar-refractivity contribution in [3.63, 3.8) is 0 Å². The molecule has 1 aromatic heterocycles. The van der Waals surface area contributed by atoms with Gasteiger partial charge in [-0.25, -0.2) is 0 Å². The van der Waals surface area contributed by atoms with Crippen molar-refractivity contribution in [1.82, 2.24) is 4.98 Å². The van der Waals surface area contributed by atoms with Crippen LogP contribution in [0.2, 0.25) is 0 Å².